The first kappa shape index (κ1) is 19.4. The van der Waals surface area contributed by atoms with E-state index in [0.717, 1.165) is 40.8 Å². The molecule has 1 fully saturated rings. The number of nitrogens with one attached hydrogen (secondary N) is 1. The van der Waals surface area contributed by atoms with Crippen LogP contribution in [0.5, 0.6) is 5.75 Å². The van der Waals surface area contributed by atoms with Crippen LogP contribution in [0.25, 0.3) is 11.0 Å². The predicted molar refractivity (Wildman–Crippen MR) is 115 cm³/mol. The summed E-state index contributed by atoms with van der Waals surface area (Å²) in [4.78, 5) is 18.3. The standard InChI is InChI=1S/C23H28N4O2/c1-13-7-10-19(29-6)18(11-13)25-22(28)16-12-17(15-8-9-15)24-21-20(16)14(2)26-27(21)23(3,4)5/h7,10-12,15H,8-9H2,1-6H3,(H,25,28). The highest BCUT2D eigenvalue weighted by Gasteiger charge is 2.30. The molecule has 6 nitrogen and oxygen atoms in total. The van der Waals surface area contributed by atoms with Crippen LogP contribution in [0.1, 0.15) is 66.8 Å². The molecule has 1 aliphatic carbocycles. The molecule has 2 aromatic heterocycles. The first-order chi connectivity index (χ1) is 13.7. The van der Waals surface area contributed by atoms with Crippen LogP contribution >= 0.6 is 0 Å². The van der Waals surface area contributed by atoms with Gasteiger partial charge in [-0.1, -0.05) is 6.07 Å². The third-order valence-corrected chi connectivity index (χ3v) is 5.31. The van der Waals surface area contributed by atoms with Crippen molar-refractivity contribution >= 4 is 22.6 Å². The maximum absolute atomic E-state index is 13.4. The van der Waals surface area contributed by atoms with E-state index in [9.17, 15) is 4.79 Å². The second kappa shape index (κ2) is 6.87. The summed E-state index contributed by atoms with van der Waals surface area (Å²) >= 11 is 0. The highest BCUT2D eigenvalue weighted by molar-refractivity contribution is 6.13. The summed E-state index contributed by atoms with van der Waals surface area (Å²) in [6.07, 6.45) is 2.24. The zero-order valence-electron chi connectivity index (χ0n) is 18.0. The number of benzene rings is 1. The van der Waals surface area contributed by atoms with Gasteiger partial charge in [0.1, 0.15) is 5.75 Å². The monoisotopic (exact) mass is 392 g/mol. The Bertz CT molecular complexity index is 1100. The number of rotatable bonds is 4. The lowest BCUT2D eigenvalue weighted by Gasteiger charge is -2.20. The Kier molecular flexibility index (Phi) is 4.60. The molecule has 0 saturated heterocycles. The van der Waals surface area contributed by atoms with Gasteiger partial charge in [0, 0.05) is 11.6 Å². The van der Waals surface area contributed by atoms with Crippen molar-refractivity contribution in [2.45, 2.75) is 58.9 Å². The third kappa shape index (κ3) is 3.59. The predicted octanol–water partition coefficient (Wildman–Crippen LogP) is 4.94. The molecule has 152 valence electrons. The zero-order chi connectivity index (χ0) is 20.9. The summed E-state index contributed by atoms with van der Waals surface area (Å²) in [6, 6.07) is 7.69. The first-order valence-corrected chi connectivity index (χ1v) is 10.1. The molecule has 0 spiro atoms. The quantitative estimate of drug-likeness (QED) is 0.683. The van der Waals surface area contributed by atoms with E-state index in [1.165, 1.54) is 0 Å². The van der Waals surface area contributed by atoms with Crippen molar-refractivity contribution in [2.24, 2.45) is 0 Å². The number of nitrogens with zero attached hydrogens (tertiary/aromatic N) is 3. The lowest BCUT2D eigenvalue weighted by atomic mass is 10.1. The fraction of sp³-hybridized carbons (Fsp3) is 0.435. The molecule has 1 saturated carbocycles. The molecule has 0 aliphatic heterocycles. The van der Waals surface area contributed by atoms with Crippen LogP contribution in [0.2, 0.25) is 0 Å². The molecule has 1 N–H and O–H groups in total. The van der Waals surface area contributed by atoms with Crippen LogP contribution in [-0.4, -0.2) is 27.8 Å². The second-order valence-corrected chi connectivity index (χ2v) is 8.89. The first-order valence-electron chi connectivity index (χ1n) is 10.1. The van der Waals surface area contributed by atoms with E-state index in [2.05, 4.69) is 26.1 Å². The SMILES string of the molecule is COc1ccc(C)cc1NC(=O)c1cc(C2CC2)nc2c1c(C)nn2C(C)(C)C. The maximum atomic E-state index is 13.4. The van der Waals surface area contributed by atoms with Gasteiger partial charge in [0.25, 0.3) is 5.91 Å². The summed E-state index contributed by atoms with van der Waals surface area (Å²) < 4.78 is 7.36. The highest BCUT2D eigenvalue weighted by Crippen LogP contribution is 2.41. The number of methoxy groups -OCH3 is 1. The molecule has 0 unspecified atom stereocenters. The molecule has 6 heteroatoms. The number of hydrogen-bond acceptors (Lipinski definition) is 4. The number of anilines is 1. The van der Waals surface area contributed by atoms with Crippen molar-refractivity contribution in [3.8, 4) is 5.75 Å². The molecule has 1 amide bonds. The van der Waals surface area contributed by atoms with E-state index in [-0.39, 0.29) is 11.4 Å². The van der Waals surface area contributed by atoms with E-state index >= 15 is 0 Å². The molecule has 0 radical (unpaired) electrons. The van der Waals surface area contributed by atoms with Crippen molar-refractivity contribution in [1.29, 1.82) is 0 Å². The normalized spacial score (nSPS) is 14.3. The number of fused-ring (bicyclic) bond motifs is 1. The fourth-order valence-corrected chi connectivity index (χ4v) is 3.65. The zero-order valence-corrected chi connectivity index (χ0v) is 18.0. The third-order valence-electron chi connectivity index (χ3n) is 5.31. The van der Waals surface area contributed by atoms with Gasteiger partial charge in [-0.25, -0.2) is 9.67 Å². The lowest BCUT2D eigenvalue weighted by molar-refractivity contribution is 0.102. The second-order valence-electron chi connectivity index (χ2n) is 8.89. The van der Waals surface area contributed by atoms with Gasteiger partial charge in [-0.05, 0) is 71.2 Å². The number of carbonyl (C=O) groups is 1. The lowest BCUT2D eigenvalue weighted by Crippen LogP contribution is -2.23. The van der Waals surface area contributed by atoms with Crippen LogP contribution in [0, 0.1) is 13.8 Å². The molecule has 1 aromatic carbocycles. The number of hydrogen-bond donors (Lipinski definition) is 1. The summed E-state index contributed by atoms with van der Waals surface area (Å²) in [5, 5.41) is 8.59. The van der Waals surface area contributed by atoms with Crippen molar-refractivity contribution in [2.75, 3.05) is 12.4 Å². The molecule has 2 heterocycles. The van der Waals surface area contributed by atoms with Crippen molar-refractivity contribution in [3.63, 3.8) is 0 Å². The number of ether oxygens (including phenoxy) is 1. The summed E-state index contributed by atoms with van der Waals surface area (Å²) in [5.74, 6) is 0.904. The number of carbonyl (C=O) groups excluding carboxylic acids is 1. The number of aromatic nitrogens is 3. The van der Waals surface area contributed by atoms with Gasteiger partial charge in [-0.2, -0.15) is 5.10 Å². The Morgan fingerprint density at radius 1 is 1.21 bits per heavy atom. The van der Waals surface area contributed by atoms with Gasteiger partial charge in [0.15, 0.2) is 5.65 Å². The van der Waals surface area contributed by atoms with Crippen LogP contribution in [0.4, 0.5) is 5.69 Å². The Morgan fingerprint density at radius 2 is 1.93 bits per heavy atom. The average molecular weight is 393 g/mol. The van der Waals surface area contributed by atoms with E-state index in [1.54, 1.807) is 7.11 Å². The van der Waals surface area contributed by atoms with E-state index in [0.29, 0.717) is 22.9 Å². The molecule has 1 aliphatic rings. The van der Waals surface area contributed by atoms with Crippen molar-refractivity contribution in [3.05, 3.63) is 46.8 Å². The van der Waals surface area contributed by atoms with Gasteiger partial charge in [0.2, 0.25) is 0 Å². The van der Waals surface area contributed by atoms with Gasteiger partial charge < -0.3 is 10.1 Å². The van der Waals surface area contributed by atoms with Crippen LogP contribution in [-0.2, 0) is 5.54 Å². The Hall–Kier alpha value is -2.89. The van der Waals surface area contributed by atoms with Crippen molar-refractivity contribution in [1.82, 2.24) is 14.8 Å². The smallest absolute Gasteiger partial charge is 0.256 e. The van der Waals surface area contributed by atoms with E-state index in [1.807, 2.05) is 42.8 Å². The minimum Gasteiger partial charge on any atom is -0.495 e. The van der Waals surface area contributed by atoms with Gasteiger partial charge in [0.05, 0.1) is 35.0 Å². The molecular formula is C23H28N4O2. The summed E-state index contributed by atoms with van der Waals surface area (Å²) in [5.41, 5.74) is 4.67. The molecule has 29 heavy (non-hydrogen) atoms. The number of aryl methyl sites for hydroxylation is 2. The highest BCUT2D eigenvalue weighted by atomic mass is 16.5. The van der Waals surface area contributed by atoms with Gasteiger partial charge >= 0.3 is 0 Å². The molecular weight excluding hydrogens is 364 g/mol. The maximum Gasteiger partial charge on any atom is 0.256 e. The number of amides is 1. The molecule has 4 rings (SSSR count). The molecule has 3 aromatic rings. The van der Waals surface area contributed by atoms with Crippen LogP contribution in [0.15, 0.2) is 24.3 Å². The Labute approximate surface area is 171 Å². The Morgan fingerprint density at radius 3 is 2.55 bits per heavy atom. The van der Waals surface area contributed by atoms with E-state index < -0.39 is 0 Å². The fourth-order valence-electron chi connectivity index (χ4n) is 3.65. The Balaban J connectivity index is 1.85. The topological polar surface area (TPSA) is 69.0 Å². The average Bonchev–Trinajstić information content (AvgIpc) is 3.44. The molecule has 0 atom stereocenters. The molecule has 0 bridgehead atoms. The minimum absolute atomic E-state index is 0.167. The summed E-state index contributed by atoms with van der Waals surface area (Å²) in [7, 11) is 1.60. The van der Waals surface area contributed by atoms with E-state index in [4.69, 9.17) is 14.8 Å². The van der Waals surface area contributed by atoms with Crippen molar-refractivity contribution < 1.29 is 9.53 Å². The van der Waals surface area contributed by atoms with Gasteiger partial charge in [-0.3, -0.25) is 4.79 Å². The summed E-state index contributed by atoms with van der Waals surface area (Å²) in [6.45, 7) is 10.2. The minimum atomic E-state index is -0.227. The van der Waals surface area contributed by atoms with Gasteiger partial charge in [-0.15, -0.1) is 0 Å². The van der Waals surface area contributed by atoms with Crippen LogP contribution in [0.3, 0.4) is 0 Å². The number of pyridine rings is 1. The largest absolute Gasteiger partial charge is 0.495 e. The van der Waals surface area contributed by atoms with Crippen LogP contribution < -0.4 is 10.1 Å².